The molecule has 1 saturated carbocycles. The summed E-state index contributed by atoms with van der Waals surface area (Å²) in [5, 5.41) is 4.26. The monoisotopic (exact) mass is 288 g/mol. The van der Waals surface area contributed by atoms with Gasteiger partial charge in [0.1, 0.15) is 5.75 Å². The van der Waals surface area contributed by atoms with Gasteiger partial charge in [-0.3, -0.25) is 4.79 Å². The molecule has 4 nitrogen and oxygen atoms in total. The number of aryl methyl sites for hydroxylation is 1. The van der Waals surface area contributed by atoms with Crippen LogP contribution in [-0.4, -0.2) is 18.7 Å². The van der Waals surface area contributed by atoms with E-state index in [1.807, 2.05) is 32.0 Å². The van der Waals surface area contributed by atoms with Gasteiger partial charge < -0.3 is 4.74 Å². The van der Waals surface area contributed by atoms with Gasteiger partial charge >= 0.3 is 0 Å². The molecule has 0 spiro atoms. The molecule has 0 saturated heterocycles. The number of amides is 1. The Kier molecular flexibility index (Phi) is 5.37. The van der Waals surface area contributed by atoms with Crippen molar-refractivity contribution in [2.75, 3.05) is 7.11 Å². The largest absolute Gasteiger partial charge is 0.496 e. The van der Waals surface area contributed by atoms with Crippen LogP contribution < -0.4 is 10.2 Å². The quantitative estimate of drug-likeness (QED) is 0.681. The Labute approximate surface area is 126 Å². The van der Waals surface area contributed by atoms with Gasteiger partial charge in [0.15, 0.2) is 0 Å². The Balaban J connectivity index is 2.06. The Morgan fingerprint density at radius 2 is 2.00 bits per heavy atom. The van der Waals surface area contributed by atoms with Crippen LogP contribution in [0, 0.1) is 12.8 Å². The summed E-state index contributed by atoms with van der Waals surface area (Å²) in [6.45, 7) is 3.91. The van der Waals surface area contributed by atoms with Crippen LogP contribution in [-0.2, 0) is 4.79 Å². The molecule has 0 atom stereocenters. The van der Waals surface area contributed by atoms with Gasteiger partial charge in [0.05, 0.1) is 12.8 Å². The van der Waals surface area contributed by atoms with Crippen molar-refractivity contribution in [2.24, 2.45) is 11.0 Å². The first kappa shape index (κ1) is 15.5. The van der Waals surface area contributed by atoms with E-state index in [4.69, 9.17) is 4.74 Å². The normalized spacial score (nSPS) is 16.6. The Bertz CT molecular complexity index is 532. The van der Waals surface area contributed by atoms with Crippen LogP contribution in [0.25, 0.3) is 0 Å². The zero-order chi connectivity index (χ0) is 15.2. The Morgan fingerprint density at radius 1 is 1.29 bits per heavy atom. The maximum atomic E-state index is 12.1. The van der Waals surface area contributed by atoms with E-state index in [-0.39, 0.29) is 11.8 Å². The van der Waals surface area contributed by atoms with Crippen molar-refractivity contribution in [3.63, 3.8) is 0 Å². The van der Waals surface area contributed by atoms with E-state index in [0.717, 1.165) is 48.3 Å². The second-order valence-corrected chi connectivity index (χ2v) is 5.71. The van der Waals surface area contributed by atoms with Gasteiger partial charge in [-0.15, -0.1) is 0 Å². The fourth-order valence-electron chi connectivity index (χ4n) is 2.76. The van der Waals surface area contributed by atoms with Crippen LogP contribution in [0.3, 0.4) is 0 Å². The fourth-order valence-corrected chi connectivity index (χ4v) is 2.76. The third-order valence-corrected chi connectivity index (χ3v) is 4.05. The number of ether oxygens (including phenoxy) is 1. The summed E-state index contributed by atoms with van der Waals surface area (Å²) in [7, 11) is 1.64. The SMILES string of the molecule is COc1ccc(C)cc1/C(C)=N\NC(=O)C1CCCCC1. The number of carbonyl (C=O) groups excluding carboxylic acids is 1. The van der Waals surface area contributed by atoms with E-state index in [1.54, 1.807) is 7.11 Å². The summed E-state index contributed by atoms with van der Waals surface area (Å²) in [6.07, 6.45) is 5.49. The molecule has 1 aliphatic carbocycles. The van der Waals surface area contributed by atoms with Crippen LogP contribution in [0.2, 0.25) is 0 Å². The minimum absolute atomic E-state index is 0.0423. The van der Waals surface area contributed by atoms with Crippen molar-refractivity contribution in [3.05, 3.63) is 29.3 Å². The number of nitrogens with zero attached hydrogens (tertiary/aromatic N) is 1. The molecule has 1 aromatic rings. The highest BCUT2D eigenvalue weighted by Crippen LogP contribution is 2.24. The van der Waals surface area contributed by atoms with E-state index < -0.39 is 0 Å². The van der Waals surface area contributed by atoms with Crippen molar-refractivity contribution >= 4 is 11.6 Å². The van der Waals surface area contributed by atoms with E-state index >= 15 is 0 Å². The minimum Gasteiger partial charge on any atom is -0.496 e. The maximum absolute atomic E-state index is 12.1. The van der Waals surface area contributed by atoms with Gasteiger partial charge in [-0.25, -0.2) is 5.43 Å². The predicted molar refractivity (Wildman–Crippen MR) is 84.7 cm³/mol. The first-order valence-corrected chi connectivity index (χ1v) is 7.61. The standard InChI is InChI=1S/C17H24N2O2/c1-12-9-10-16(21-3)15(11-12)13(2)18-19-17(20)14-7-5-4-6-8-14/h9-11,14H,4-8H2,1-3H3,(H,19,20)/b18-13-. The smallest absolute Gasteiger partial charge is 0.243 e. The summed E-state index contributed by atoms with van der Waals surface area (Å²) in [6, 6.07) is 5.94. The lowest BCUT2D eigenvalue weighted by atomic mass is 9.89. The highest BCUT2D eigenvalue weighted by Gasteiger charge is 2.20. The van der Waals surface area contributed by atoms with Crippen molar-refractivity contribution in [3.8, 4) is 5.75 Å². The number of hydrogen-bond acceptors (Lipinski definition) is 3. The molecule has 1 aromatic carbocycles. The van der Waals surface area contributed by atoms with Gasteiger partial charge in [-0.2, -0.15) is 5.10 Å². The number of methoxy groups -OCH3 is 1. The zero-order valence-corrected chi connectivity index (χ0v) is 13.1. The van der Waals surface area contributed by atoms with Gasteiger partial charge in [0.25, 0.3) is 0 Å². The van der Waals surface area contributed by atoms with E-state index in [2.05, 4.69) is 10.5 Å². The van der Waals surface area contributed by atoms with Crippen molar-refractivity contribution in [1.29, 1.82) is 0 Å². The molecule has 0 aromatic heterocycles. The lowest BCUT2D eigenvalue weighted by Gasteiger charge is -2.19. The van der Waals surface area contributed by atoms with Gasteiger partial charge in [-0.05, 0) is 38.8 Å². The molecule has 114 valence electrons. The van der Waals surface area contributed by atoms with E-state index in [9.17, 15) is 4.79 Å². The highest BCUT2D eigenvalue weighted by atomic mass is 16.5. The molecule has 2 rings (SSSR count). The Morgan fingerprint density at radius 3 is 2.67 bits per heavy atom. The molecule has 1 aliphatic rings. The summed E-state index contributed by atoms with van der Waals surface area (Å²) in [4.78, 5) is 12.1. The summed E-state index contributed by atoms with van der Waals surface area (Å²) < 4.78 is 5.35. The number of hydrogen-bond donors (Lipinski definition) is 1. The first-order valence-electron chi connectivity index (χ1n) is 7.61. The maximum Gasteiger partial charge on any atom is 0.243 e. The molecule has 0 aliphatic heterocycles. The number of rotatable bonds is 4. The van der Waals surface area contributed by atoms with Crippen LogP contribution in [0.15, 0.2) is 23.3 Å². The van der Waals surface area contributed by atoms with E-state index in [1.165, 1.54) is 6.42 Å². The van der Waals surface area contributed by atoms with Crippen LogP contribution >= 0.6 is 0 Å². The molecule has 21 heavy (non-hydrogen) atoms. The van der Waals surface area contributed by atoms with Gasteiger partial charge in [0, 0.05) is 11.5 Å². The molecule has 1 N–H and O–H groups in total. The van der Waals surface area contributed by atoms with Crippen molar-refractivity contribution in [1.82, 2.24) is 5.43 Å². The summed E-state index contributed by atoms with van der Waals surface area (Å²) in [5.74, 6) is 0.934. The van der Waals surface area contributed by atoms with Crippen molar-refractivity contribution in [2.45, 2.75) is 46.0 Å². The third-order valence-electron chi connectivity index (χ3n) is 4.05. The molecule has 4 heteroatoms. The van der Waals surface area contributed by atoms with Crippen molar-refractivity contribution < 1.29 is 9.53 Å². The topological polar surface area (TPSA) is 50.7 Å². The zero-order valence-electron chi connectivity index (χ0n) is 13.1. The molecular formula is C17H24N2O2. The molecule has 0 unspecified atom stereocenters. The fraction of sp³-hybridized carbons (Fsp3) is 0.529. The second kappa shape index (κ2) is 7.25. The minimum atomic E-state index is 0.0423. The Hall–Kier alpha value is -1.84. The van der Waals surface area contributed by atoms with Crippen LogP contribution in [0.5, 0.6) is 5.75 Å². The number of benzene rings is 1. The van der Waals surface area contributed by atoms with Gasteiger partial charge in [-0.1, -0.05) is 30.9 Å². The summed E-state index contributed by atoms with van der Waals surface area (Å²) >= 11 is 0. The molecule has 1 fully saturated rings. The lowest BCUT2D eigenvalue weighted by molar-refractivity contribution is -0.125. The molecule has 1 amide bonds. The second-order valence-electron chi connectivity index (χ2n) is 5.71. The molecule has 0 heterocycles. The molecule has 0 bridgehead atoms. The summed E-state index contributed by atoms with van der Waals surface area (Å²) in [5.41, 5.74) is 5.53. The van der Waals surface area contributed by atoms with Gasteiger partial charge in [0.2, 0.25) is 5.91 Å². The number of carbonyl (C=O) groups is 1. The average molecular weight is 288 g/mol. The number of hydrazone groups is 1. The van der Waals surface area contributed by atoms with Crippen LogP contribution in [0.4, 0.5) is 0 Å². The predicted octanol–water partition coefficient (Wildman–Crippen LogP) is 3.42. The van der Waals surface area contributed by atoms with Crippen LogP contribution in [0.1, 0.15) is 50.2 Å². The molecule has 0 radical (unpaired) electrons. The lowest BCUT2D eigenvalue weighted by Crippen LogP contribution is -2.29. The highest BCUT2D eigenvalue weighted by molar-refractivity contribution is 6.01. The number of nitrogens with one attached hydrogen (secondary N) is 1. The third kappa shape index (κ3) is 4.06. The molecular weight excluding hydrogens is 264 g/mol. The average Bonchev–Trinajstić information content (AvgIpc) is 2.53. The van der Waals surface area contributed by atoms with E-state index in [0.29, 0.717) is 0 Å². The first-order chi connectivity index (χ1) is 10.1.